The Labute approximate surface area is 142 Å². The van der Waals surface area contributed by atoms with Crippen LogP contribution in [-0.4, -0.2) is 6.16 Å². The van der Waals surface area contributed by atoms with Gasteiger partial charge < -0.3 is 0 Å². The van der Waals surface area contributed by atoms with Crippen molar-refractivity contribution in [1.29, 1.82) is 0 Å². The number of rotatable bonds is 5. The molecule has 2 heteroatoms. The molecule has 0 saturated carbocycles. The van der Waals surface area contributed by atoms with Crippen molar-refractivity contribution in [2.45, 2.75) is 6.42 Å². The summed E-state index contributed by atoms with van der Waals surface area (Å²) in [4.78, 5) is 0. The average Bonchev–Trinajstić information content (AvgIpc) is 2.59. The third kappa shape index (κ3) is 4.06. The molecule has 0 unspecified atom stereocenters. The lowest BCUT2D eigenvalue weighted by Gasteiger charge is -2.18. The normalized spacial score (nSPS) is 10.8. The maximum atomic E-state index is 3.50. The molecule has 0 fully saturated rings. The Bertz CT molecular complexity index is 653. The van der Waals surface area contributed by atoms with Crippen LogP contribution >= 0.6 is 23.9 Å². The van der Waals surface area contributed by atoms with Gasteiger partial charge >= 0.3 is 0 Å². The summed E-state index contributed by atoms with van der Waals surface area (Å²) >= 11 is 3.50. The third-order valence-electron chi connectivity index (χ3n) is 3.67. The topological polar surface area (TPSA) is 0 Å². The van der Waals surface area contributed by atoms with Gasteiger partial charge in [0.05, 0.1) is 0 Å². The van der Waals surface area contributed by atoms with Crippen LogP contribution in [-0.2, 0) is 6.42 Å². The summed E-state index contributed by atoms with van der Waals surface area (Å²) in [5.74, 6) is 0. The molecule has 0 nitrogen and oxygen atoms in total. The van der Waals surface area contributed by atoms with Gasteiger partial charge in [0.2, 0.25) is 0 Å². The van der Waals surface area contributed by atoms with Gasteiger partial charge in [-0.1, -0.05) is 88.7 Å². The minimum absolute atomic E-state index is 0.294. The Balaban J connectivity index is 1.81. The van der Waals surface area contributed by atoms with Crippen LogP contribution in [0.2, 0.25) is 0 Å². The largest absolute Gasteiger partial charge is 0.0622 e. The van der Waals surface area contributed by atoms with Gasteiger partial charge in [0, 0.05) is 4.47 Å². The van der Waals surface area contributed by atoms with Crippen molar-refractivity contribution in [2.75, 3.05) is 6.16 Å². The van der Waals surface area contributed by atoms with E-state index in [0.29, 0.717) is 0 Å². The summed E-state index contributed by atoms with van der Waals surface area (Å²) < 4.78 is 1.14. The molecule has 0 heterocycles. The SMILES string of the molecule is Brc1ccc(CCP(c2ccccc2)c2ccccc2)cc1. The first-order valence-electron chi connectivity index (χ1n) is 7.45. The molecule has 3 aromatic carbocycles. The Morgan fingerprint density at radius 3 is 1.64 bits per heavy atom. The lowest BCUT2D eigenvalue weighted by atomic mass is 10.2. The van der Waals surface area contributed by atoms with Crippen molar-refractivity contribution in [2.24, 2.45) is 0 Å². The highest BCUT2D eigenvalue weighted by Gasteiger charge is 2.13. The molecule has 0 aliphatic carbocycles. The highest BCUT2D eigenvalue weighted by molar-refractivity contribution is 9.10. The fourth-order valence-corrected chi connectivity index (χ4v) is 5.14. The van der Waals surface area contributed by atoms with Gasteiger partial charge in [0.1, 0.15) is 0 Å². The molecule has 0 bridgehead atoms. The van der Waals surface area contributed by atoms with E-state index in [4.69, 9.17) is 0 Å². The molecule has 0 saturated heterocycles. The highest BCUT2D eigenvalue weighted by Crippen LogP contribution is 2.34. The van der Waals surface area contributed by atoms with Crippen molar-refractivity contribution in [1.82, 2.24) is 0 Å². The van der Waals surface area contributed by atoms with Crippen molar-refractivity contribution in [3.8, 4) is 0 Å². The Morgan fingerprint density at radius 2 is 1.14 bits per heavy atom. The number of hydrogen-bond donors (Lipinski definition) is 0. The minimum atomic E-state index is -0.294. The van der Waals surface area contributed by atoms with E-state index in [0.717, 1.165) is 10.9 Å². The monoisotopic (exact) mass is 368 g/mol. The first-order valence-corrected chi connectivity index (χ1v) is 9.77. The van der Waals surface area contributed by atoms with Crippen LogP contribution < -0.4 is 10.6 Å². The highest BCUT2D eigenvalue weighted by atomic mass is 79.9. The maximum Gasteiger partial charge on any atom is 0.0175 e. The van der Waals surface area contributed by atoms with E-state index in [1.54, 1.807) is 0 Å². The van der Waals surface area contributed by atoms with Gasteiger partial charge in [-0.2, -0.15) is 0 Å². The quantitative estimate of drug-likeness (QED) is 0.548. The molecule has 0 aliphatic heterocycles. The van der Waals surface area contributed by atoms with E-state index < -0.39 is 0 Å². The zero-order valence-electron chi connectivity index (χ0n) is 12.3. The number of hydrogen-bond acceptors (Lipinski definition) is 0. The van der Waals surface area contributed by atoms with Crippen molar-refractivity contribution < 1.29 is 0 Å². The molecule has 0 aliphatic rings. The van der Waals surface area contributed by atoms with Crippen LogP contribution in [0.25, 0.3) is 0 Å². The second-order valence-electron chi connectivity index (χ2n) is 5.20. The molecule has 110 valence electrons. The van der Waals surface area contributed by atoms with Crippen LogP contribution in [0.1, 0.15) is 5.56 Å². The summed E-state index contributed by atoms with van der Waals surface area (Å²) in [6.07, 6.45) is 2.30. The van der Waals surface area contributed by atoms with Gasteiger partial charge in [0.25, 0.3) is 0 Å². The molecule has 22 heavy (non-hydrogen) atoms. The predicted molar refractivity (Wildman–Crippen MR) is 102 cm³/mol. The number of halogens is 1. The lowest BCUT2D eigenvalue weighted by Crippen LogP contribution is -2.14. The molecule has 3 rings (SSSR count). The van der Waals surface area contributed by atoms with E-state index in [-0.39, 0.29) is 7.92 Å². The lowest BCUT2D eigenvalue weighted by molar-refractivity contribution is 1.15. The van der Waals surface area contributed by atoms with Crippen molar-refractivity contribution in [3.05, 3.63) is 95.0 Å². The van der Waals surface area contributed by atoms with Gasteiger partial charge in [0.15, 0.2) is 0 Å². The van der Waals surface area contributed by atoms with Crippen LogP contribution in [0.3, 0.4) is 0 Å². The van der Waals surface area contributed by atoms with Gasteiger partial charge in [-0.25, -0.2) is 0 Å². The maximum absolute atomic E-state index is 3.50. The van der Waals surface area contributed by atoms with E-state index in [1.807, 2.05) is 0 Å². The Morgan fingerprint density at radius 1 is 0.636 bits per heavy atom. The first-order chi connectivity index (χ1) is 10.8. The summed E-state index contributed by atoms with van der Waals surface area (Å²) in [6, 6.07) is 30.5. The van der Waals surface area contributed by atoms with Crippen molar-refractivity contribution >= 4 is 34.5 Å². The molecular weight excluding hydrogens is 351 g/mol. The molecule has 0 atom stereocenters. The number of aryl methyl sites for hydroxylation is 1. The zero-order valence-corrected chi connectivity index (χ0v) is 14.8. The smallest absolute Gasteiger partial charge is 0.0175 e. The summed E-state index contributed by atoms with van der Waals surface area (Å²) in [5.41, 5.74) is 1.41. The fraction of sp³-hybridized carbons (Fsp3) is 0.100. The Hall–Kier alpha value is -1.43. The minimum Gasteiger partial charge on any atom is -0.0622 e. The molecule has 0 amide bonds. The summed E-state index contributed by atoms with van der Waals surface area (Å²) in [5, 5.41) is 2.92. The standard InChI is InChI=1S/C20H18BrP/c21-18-13-11-17(12-14-18)15-16-22(19-7-3-1-4-8-19)20-9-5-2-6-10-20/h1-14H,15-16H2. The Kier molecular flexibility index (Phi) is 5.43. The third-order valence-corrected chi connectivity index (χ3v) is 6.72. The molecule has 0 radical (unpaired) electrons. The average molecular weight is 369 g/mol. The molecular formula is C20H18BrP. The summed E-state index contributed by atoms with van der Waals surface area (Å²) in [6.45, 7) is 0. The second-order valence-corrected chi connectivity index (χ2v) is 8.45. The zero-order chi connectivity index (χ0) is 15.2. The van der Waals surface area contributed by atoms with Gasteiger partial charge in [-0.3, -0.25) is 0 Å². The van der Waals surface area contributed by atoms with E-state index >= 15 is 0 Å². The predicted octanol–water partition coefficient (Wildman–Crippen LogP) is 5.12. The molecule has 3 aromatic rings. The number of benzene rings is 3. The summed E-state index contributed by atoms with van der Waals surface area (Å²) in [7, 11) is -0.294. The first kappa shape index (κ1) is 15.5. The fourth-order valence-electron chi connectivity index (χ4n) is 2.52. The van der Waals surface area contributed by atoms with Crippen LogP contribution in [0.5, 0.6) is 0 Å². The van der Waals surface area contributed by atoms with Crippen molar-refractivity contribution in [3.63, 3.8) is 0 Å². The molecule has 0 spiro atoms. The van der Waals surface area contributed by atoms with Gasteiger partial charge in [-0.05, 0) is 48.8 Å². The van der Waals surface area contributed by atoms with E-state index in [9.17, 15) is 0 Å². The van der Waals surface area contributed by atoms with Crippen LogP contribution in [0.4, 0.5) is 0 Å². The van der Waals surface area contributed by atoms with E-state index in [2.05, 4.69) is 101 Å². The van der Waals surface area contributed by atoms with E-state index in [1.165, 1.54) is 22.3 Å². The second kappa shape index (κ2) is 7.72. The molecule has 0 N–H and O–H groups in total. The van der Waals surface area contributed by atoms with Gasteiger partial charge in [-0.15, -0.1) is 0 Å². The van der Waals surface area contributed by atoms with Crippen LogP contribution in [0.15, 0.2) is 89.4 Å². The van der Waals surface area contributed by atoms with Crippen LogP contribution in [0, 0.1) is 0 Å². The molecule has 0 aromatic heterocycles.